The Labute approximate surface area is 163 Å². The van der Waals surface area contributed by atoms with E-state index in [1.165, 1.54) is 7.11 Å². The average Bonchev–Trinajstić information content (AvgIpc) is 3.07. The van der Waals surface area contributed by atoms with E-state index in [9.17, 15) is 9.59 Å². The lowest BCUT2D eigenvalue weighted by atomic mass is 9.98. The normalized spacial score (nSPS) is 12.6. The van der Waals surface area contributed by atoms with Gasteiger partial charge in [-0.2, -0.15) is 0 Å². The van der Waals surface area contributed by atoms with Gasteiger partial charge in [0.05, 0.1) is 23.7 Å². The molecule has 3 rings (SSSR count). The van der Waals surface area contributed by atoms with Gasteiger partial charge < -0.3 is 14.5 Å². The number of methoxy groups -OCH3 is 1. The van der Waals surface area contributed by atoms with Crippen LogP contribution in [-0.4, -0.2) is 34.6 Å². The van der Waals surface area contributed by atoms with Crippen LogP contribution in [0.1, 0.15) is 48.4 Å². The second-order valence-corrected chi connectivity index (χ2v) is 7.62. The van der Waals surface area contributed by atoms with Crippen LogP contribution in [0.2, 0.25) is 0 Å². The van der Waals surface area contributed by atoms with Gasteiger partial charge in [-0.15, -0.1) is 0 Å². The van der Waals surface area contributed by atoms with Gasteiger partial charge in [0.25, 0.3) is 0 Å². The Kier molecular flexibility index (Phi) is 5.49. The molecule has 1 N–H and O–H groups in total. The molecule has 0 amide bonds. The minimum Gasteiger partial charge on any atom is -0.465 e. The standard InChI is InChI=1S/C22H24N2O4/c1-22(2,3)28-21(26)16(12-14-8-6-5-7-9-14)19-23-17-11-10-15(20(25)27-4)13-18(17)24-19/h5-11,13,16H,12H2,1-4H3,(H,23,24)/t16-/m0/s1. The van der Waals surface area contributed by atoms with Gasteiger partial charge >= 0.3 is 11.9 Å². The summed E-state index contributed by atoms with van der Waals surface area (Å²) in [4.78, 5) is 32.4. The van der Waals surface area contributed by atoms with E-state index in [4.69, 9.17) is 9.47 Å². The number of nitrogens with one attached hydrogen (secondary N) is 1. The van der Waals surface area contributed by atoms with Crippen molar-refractivity contribution in [3.8, 4) is 0 Å². The van der Waals surface area contributed by atoms with Gasteiger partial charge in [-0.3, -0.25) is 4.79 Å². The maximum atomic E-state index is 12.9. The van der Waals surface area contributed by atoms with E-state index in [-0.39, 0.29) is 5.97 Å². The van der Waals surface area contributed by atoms with Crippen LogP contribution in [0.4, 0.5) is 0 Å². The van der Waals surface area contributed by atoms with E-state index >= 15 is 0 Å². The number of H-pyrrole nitrogens is 1. The quantitative estimate of drug-likeness (QED) is 0.676. The molecule has 28 heavy (non-hydrogen) atoms. The van der Waals surface area contributed by atoms with Crippen LogP contribution >= 0.6 is 0 Å². The zero-order valence-corrected chi connectivity index (χ0v) is 16.5. The first-order valence-electron chi connectivity index (χ1n) is 9.11. The number of esters is 2. The number of aromatic nitrogens is 2. The summed E-state index contributed by atoms with van der Waals surface area (Å²) in [6, 6.07) is 14.8. The molecule has 6 heteroatoms. The van der Waals surface area contributed by atoms with Gasteiger partial charge in [-0.05, 0) is 51.0 Å². The van der Waals surface area contributed by atoms with Crippen molar-refractivity contribution in [2.75, 3.05) is 7.11 Å². The first-order valence-corrected chi connectivity index (χ1v) is 9.11. The van der Waals surface area contributed by atoms with Gasteiger partial charge in [0.2, 0.25) is 0 Å². The highest BCUT2D eigenvalue weighted by Gasteiger charge is 2.29. The van der Waals surface area contributed by atoms with E-state index in [1.807, 2.05) is 51.1 Å². The molecule has 1 aromatic heterocycles. The van der Waals surface area contributed by atoms with Crippen molar-refractivity contribution in [3.63, 3.8) is 0 Å². The smallest absolute Gasteiger partial charge is 0.337 e. The molecule has 0 aliphatic rings. The predicted octanol–water partition coefficient (Wildman–Crippen LogP) is 4.02. The Morgan fingerprint density at radius 3 is 2.46 bits per heavy atom. The van der Waals surface area contributed by atoms with E-state index in [0.29, 0.717) is 28.8 Å². The topological polar surface area (TPSA) is 81.3 Å². The Bertz CT molecular complexity index is 987. The van der Waals surface area contributed by atoms with Gasteiger partial charge in [0.1, 0.15) is 17.3 Å². The lowest BCUT2D eigenvalue weighted by Gasteiger charge is -2.23. The van der Waals surface area contributed by atoms with Crippen molar-refractivity contribution >= 4 is 23.0 Å². The average molecular weight is 380 g/mol. The molecule has 3 aromatic rings. The number of benzene rings is 2. The number of nitrogens with zero attached hydrogens (tertiary/aromatic N) is 1. The van der Waals surface area contributed by atoms with Crippen LogP contribution in [0.5, 0.6) is 0 Å². The summed E-state index contributed by atoms with van der Waals surface area (Å²) >= 11 is 0. The number of ether oxygens (including phenoxy) is 2. The highest BCUT2D eigenvalue weighted by molar-refractivity contribution is 5.93. The van der Waals surface area contributed by atoms with Crippen molar-refractivity contribution in [1.29, 1.82) is 0 Å². The third-order valence-electron chi connectivity index (χ3n) is 4.23. The third-order valence-corrected chi connectivity index (χ3v) is 4.23. The van der Waals surface area contributed by atoms with Crippen LogP contribution in [0.15, 0.2) is 48.5 Å². The summed E-state index contributed by atoms with van der Waals surface area (Å²) < 4.78 is 10.4. The number of imidazole rings is 1. The summed E-state index contributed by atoms with van der Waals surface area (Å²) in [5, 5.41) is 0. The number of carbonyl (C=O) groups is 2. The van der Waals surface area contributed by atoms with Gasteiger partial charge in [0, 0.05) is 0 Å². The molecule has 1 atom stereocenters. The molecule has 146 valence electrons. The number of hydrogen-bond acceptors (Lipinski definition) is 5. The molecule has 0 bridgehead atoms. The zero-order chi connectivity index (χ0) is 20.3. The molecule has 0 aliphatic heterocycles. The van der Waals surface area contributed by atoms with Gasteiger partial charge in [-0.1, -0.05) is 30.3 Å². The fraction of sp³-hybridized carbons (Fsp3) is 0.318. The van der Waals surface area contributed by atoms with Crippen LogP contribution in [0.3, 0.4) is 0 Å². The molecule has 0 saturated heterocycles. The third kappa shape index (κ3) is 4.57. The molecule has 0 saturated carbocycles. The first-order chi connectivity index (χ1) is 13.3. The Hall–Kier alpha value is -3.15. The summed E-state index contributed by atoms with van der Waals surface area (Å²) in [6.45, 7) is 5.52. The molecule has 0 aliphatic carbocycles. The molecule has 0 spiro atoms. The monoisotopic (exact) mass is 380 g/mol. The SMILES string of the molecule is COC(=O)c1ccc2nc([C@H](Cc3ccccc3)C(=O)OC(C)(C)C)[nH]c2c1. The van der Waals surface area contributed by atoms with E-state index in [2.05, 4.69) is 9.97 Å². The van der Waals surface area contributed by atoms with Crippen LogP contribution in [-0.2, 0) is 20.7 Å². The molecule has 6 nitrogen and oxygen atoms in total. The van der Waals surface area contributed by atoms with Crippen LogP contribution < -0.4 is 0 Å². The van der Waals surface area contributed by atoms with Crippen molar-refractivity contribution in [2.24, 2.45) is 0 Å². The van der Waals surface area contributed by atoms with Crippen LogP contribution in [0.25, 0.3) is 11.0 Å². The minimum atomic E-state index is -0.601. The summed E-state index contributed by atoms with van der Waals surface area (Å²) in [6.07, 6.45) is 0.458. The van der Waals surface area contributed by atoms with Crippen molar-refractivity contribution in [2.45, 2.75) is 38.7 Å². The highest BCUT2D eigenvalue weighted by atomic mass is 16.6. The second-order valence-electron chi connectivity index (χ2n) is 7.62. The minimum absolute atomic E-state index is 0.344. The molecule has 0 unspecified atom stereocenters. The van der Waals surface area contributed by atoms with E-state index in [1.54, 1.807) is 18.2 Å². The molecule has 1 heterocycles. The summed E-state index contributed by atoms with van der Waals surface area (Å²) in [7, 11) is 1.34. The number of hydrogen-bond donors (Lipinski definition) is 1. The van der Waals surface area contributed by atoms with Crippen molar-refractivity contribution in [3.05, 3.63) is 65.5 Å². The van der Waals surface area contributed by atoms with Gasteiger partial charge in [0.15, 0.2) is 0 Å². The molecule has 0 radical (unpaired) electrons. The number of carbonyl (C=O) groups excluding carboxylic acids is 2. The summed E-state index contributed by atoms with van der Waals surface area (Å²) in [5.74, 6) is -0.847. The molecule has 0 fully saturated rings. The number of aromatic amines is 1. The fourth-order valence-electron chi connectivity index (χ4n) is 2.95. The lowest BCUT2D eigenvalue weighted by Crippen LogP contribution is -2.29. The number of fused-ring (bicyclic) bond motifs is 1. The first kappa shape index (κ1) is 19.6. The van der Waals surface area contributed by atoms with E-state index < -0.39 is 17.5 Å². The fourth-order valence-corrected chi connectivity index (χ4v) is 2.95. The molecular formula is C22H24N2O4. The largest absolute Gasteiger partial charge is 0.465 e. The Balaban J connectivity index is 1.98. The zero-order valence-electron chi connectivity index (χ0n) is 16.5. The maximum Gasteiger partial charge on any atom is 0.337 e. The van der Waals surface area contributed by atoms with Crippen molar-refractivity contribution < 1.29 is 19.1 Å². The Morgan fingerprint density at radius 1 is 1.11 bits per heavy atom. The van der Waals surface area contributed by atoms with Crippen molar-refractivity contribution in [1.82, 2.24) is 9.97 Å². The van der Waals surface area contributed by atoms with E-state index in [0.717, 1.165) is 5.56 Å². The Morgan fingerprint density at radius 2 is 1.82 bits per heavy atom. The maximum absolute atomic E-state index is 12.9. The predicted molar refractivity (Wildman–Crippen MR) is 106 cm³/mol. The van der Waals surface area contributed by atoms with Crippen LogP contribution in [0, 0.1) is 0 Å². The molecular weight excluding hydrogens is 356 g/mol. The highest BCUT2D eigenvalue weighted by Crippen LogP contribution is 2.26. The second kappa shape index (κ2) is 7.84. The number of rotatable bonds is 5. The molecule has 2 aromatic carbocycles. The lowest BCUT2D eigenvalue weighted by molar-refractivity contribution is -0.156. The van der Waals surface area contributed by atoms with Gasteiger partial charge in [-0.25, -0.2) is 9.78 Å². The summed E-state index contributed by atoms with van der Waals surface area (Å²) in [5.41, 5.74) is 2.16.